The quantitative estimate of drug-likeness (QED) is 0.507. The van der Waals surface area contributed by atoms with Crippen molar-refractivity contribution in [3.63, 3.8) is 0 Å². The number of carbonyl (C=O) groups excluding carboxylic acids is 1. The summed E-state index contributed by atoms with van der Waals surface area (Å²) in [4.78, 5) is 32.7. The highest BCUT2D eigenvalue weighted by Crippen LogP contribution is 2.32. The molecule has 4 rings (SSSR count). The van der Waals surface area contributed by atoms with Crippen LogP contribution in [0.2, 0.25) is 0 Å². The average Bonchev–Trinajstić information content (AvgIpc) is 3.10. The standard InChI is InChI=1S/C20H19N7O/c1-3-21-20(28)27-19-25-16-10-14(13-6-5-12(2)24-11-13)9-15(17(16)26-19)18-22-7-4-8-23-18/h4-11H,3H2,1-2H3,(H3,21,25,26,27,28). The average molecular weight is 373 g/mol. The zero-order valence-corrected chi connectivity index (χ0v) is 15.5. The number of H-pyrrole nitrogens is 1. The van der Waals surface area contributed by atoms with Gasteiger partial charge in [0, 0.05) is 42.0 Å². The van der Waals surface area contributed by atoms with Gasteiger partial charge in [0.1, 0.15) is 0 Å². The number of benzene rings is 1. The number of aromatic amines is 1. The van der Waals surface area contributed by atoms with Crippen LogP contribution in [0.3, 0.4) is 0 Å². The van der Waals surface area contributed by atoms with E-state index in [9.17, 15) is 4.79 Å². The number of nitrogens with zero attached hydrogens (tertiary/aromatic N) is 4. The molecule has 8 nitrogen and oxygen atoms in total. The Morgan fingerprint density at radius 2 is 1.93 bits per heavy atom. The summed E-state index contributed by atoms with van der Waals surface area (Å²) >= 11 is 0. The molecule has 4 aromatic rings. The van der Waals surface area contributed by atoms with Crippen LogP contribution >= 0.6 is 0 Å². The fourth-order valence-electron chi connectivity index (χ4n) is 2.90. The summed E-state index contributed by atoms with van der Waals surface area (Å²) in [5.41, 5.74) is 5.10. The monoisotopic (exact) mass is 373 g/mol. The molecule has 0 aliphatic heterocycles. The molecule has 0 fully saturated rings. The Labute approximate surface area is 161 Å². The van der Waals surface area contributed by atoms with Crippen molar-refractivity contribution in [1.82, 2.24) is 30.2 Å². The molecule has 28 heavy (non-hydrogen) atoms. The lowest BCUT2D eigenvalue weighted by molar-refractivity contribution is 0.252. The van der Waals surface area contributed by atoms with Gasteiger partial charge < -0.3 is 10.3 Å². The Morgan fingerprint density at radius 1 is 1.11 bits per heavy atom. The maximum atomic E-state index is 11.8. The summed E-state index contributed by atoms with van der Waals surface area (Å²) in [6.45, 7) is 4.33. The molecule has 3 heterocycles. The van der Waals surface area contributed by atoms with Gasteiger partial charge in [0.05, 0.1) is 11.0 Å². The Hall–Kier alpha value is -3.81. The highest BCUT2D eigenvalue weighted by Gasteiger charge is 2.15. The van der Waals surface area contributed by atoms with Crippen LogP contribution in [0.1, 0.15) is 12.6 Å². The lowest BCUT2D eigenvalue weighted by atomic mass is 10.0. The molecule has 0 radical (unpaired) electrons. The zero-order valence-electron chi connectivity index (χ0n) is 15.5. The fourth-order valence-corrected chi connectivity index (χ4v) is 2.90. The number of aryl methyl sites for hydroxylation is 1. The Morgan fingerprint density at radius 3 is 2.64 bits per heavy atom. The number of hydrogen-bond donors (Lipinski definition) is 3. The molecule has 2 amide bonds. The second kappa shape index (κ2) is 7.43. The number of fused-ring (bicyclic) bond motifs is 1. The summed E-state index contributed by atoms with van der Waals surface area (Å²) in [5, 5.41) is 5.39. The van der Waals surface area contributed by atoms with E-state index in [0.717, 1.165) is 27.9 Å². The van der Waals surface area contributed by atoms with Crippen LogP contribution < -0.4 is 10.6 Å². The SMILES string of the molecule is CCNC(=O)Nc1nc2cc(-c3ccc(C)nc3)cc(-c3ncccn3)c2[nH]1. The van der Waals surface area contributed by atoms with Gasteiger partial charge in [0.25, 0.3) is 0 Å². The number of aromatic nitrogens is 5. The van der Waals surface area contributed by atoms with E-state index in [0.29, 0.717) is 23.8 Å². The third-order valence-electron chi connectivity index (χ3n) is 4.21. The molecule has 0 unspecified atom stereocenters. The minimum atomic E-state index is -0.318. The van der Waals surface area contributed by atoms with E-state index in [1.165, 1.54) is 0 Å². The van der Waals surface area contributed by atoms with E-state index in [1.54, 1.807) is 18.5 Å². The summed E-state index contributed by atoms with van der Waals surface area (Å²) in [6.07, 6.45) is 5.21. The van der Waals surface area contributed by atoms with Crippen molar-refractivity contribution in [2.45, 2.75) is 13.8 Å². The van der Waals surface area contributed by atoms with Crippen LogP contribution in [-0.2, 0) is 0 Å². The van der Waals surface area contributed by atoms with E-state index in [-0.39, 0.29) is 6.03 Å². The topological polar surface area (TPSA) is 108 Å². The fraction of sp³-hybridized carbons (Fsp3) is 0.150. The van der Waals surface area contributed by atoms with E-state index < -0.39 is 0 Å². The summed E-state index contributed by atoms with van der Waals surface area (Å²) < 4.78 is 0. The van der Waals surface area contributed by atoms with Crippen LogP contribution in [0.15, 0.2) is 48.9 Å². The molecule has 140 valence electrons. The van der Waals surface area contributed by atoms with Gasteiger partial charge in [-0.05, 0) is 43.7 Å². The molecule has 1 aromatic carbocycles. The molecule has 0 bridgehead atoms. The molecule has 0 saturated carbocycles. The second-order valence-electron chi connectivity index (χ2n) is 6.25. The molecular formula is C20H19N7O. The first kappa shape index (κ1) is 17.6. The third-order valence-corrected chi connectivity index (χ3v) is 4.21. The molecular weight excluding hydrogens is 354 g/mol. The van der Waals surface area contributed by atoms with Crippen molar-refractivity contribution >= 4 is 23.0 Å². The van der Waals surface area contributed by atoms with Gasteiger partial charge in [-0.25, -0.2) is 19.7 Å². The van der Waals surface area contributed by atoms with Gasteiger partial charge in [0.2, 0.25) is 5.95 Å². The molecule has 3 N–H and O–H groups in total. The number of nitrogens with one attached hydrogen (secondary N) is 3. The minimum absolute atomic E-state index is 0.318. The maximum absolute atomic E-state index is 11.8. The Bertz CT molecular complexity index is 1120. The van der Waals surface area contributed by atoms with Gasteiger partial charge >= 0.3 is 6.03 Å². The van der Waals surface area contributed by atoms with Crippen molar-refractivity contribution in [1.29, 1.82) is 0 Å². The predicted octanol–water partition coefficient (Wildman–Crippen LogP) is 3.53. The number of amides is 2. The number of carbonyl (C=O) groups is 1. The first-order valence-corrected chi connectivity index (χ1v) is 8.93. The Balaban J connectivity index is 1.86. The van der Waals surface area contributed by atoms with Crippen molar-refractivity contribution < 1.29 is 4.79 Å². The summed E-state index contributed by atoms with van der Waals surface area (Å²) in [6, 6.07) is 9.38. The van der Waals surface area contributed by atoms with Crippen molar-refractivity contribution in [3.05, 3.63) is 54.6 Å². The number of imidazole rings is 1. The first-order valence-electron chi connectivity index (χ1n) is 8.93. The van der Waals surface area contributed by atoms with Gasteiger partial charge in [-0.3, -0.25) is 10.3 Å². The Kier molecular flexibility index (Phi) is 4.67. The molecule has 0 aliphatic rings. The highest BCUT2D eigenvalue weighted by molar-refractivity contribution is 5.97. The number of hydrogen-bond acceptors (Lipinski definition) is 5. The van der Waals surface area contributed by atoms with E-state index in [2.05, 4.69) is 35.6 Å². The lowest BCUT2D eigenvalue weighted by Crippen LogP contribution is -2.28. The first-order chi connectivity index (χ1) is 13.6. The van der Waals surface area contributed by atoms with Gasteiger partial charge in [-0.2, -0.15) is 0 Å². The van der Waals surface area contributed by atoms with Crippen LogP contribution in [-0.4, -0.2) is 37.5 Å². The number of rotatable bonds is 4. The normalized spacial score (nSPS) is 10.8. The van der Waals surface area contributed by atoms with Crippen LogP contribution in [0, 0.1) is 6.92 Å². The van der Waals surface area contributed by atoms with Crippen LogP contribution in [0.5, 0.6) is 0 Å². The molecule has 0 saturated heterocycles. The van der Waals surface area contributed by atoms with Crippen LogP contribution in [0.25, 0.3) is 33.5 Å². The van der Waals surface area contributed by atoms with Crippen molar-refractivity contribution in [3.8, 4) is 22.5 Å². The predicted molar refractivity (Wildman–Crippen MR) is 108 cm³/mol. The molecule has 3 aromatic heterocycles. The van der Waals surface area contributed by atoms with E-state index >= 15 is 0 Å². The van der Waals surface area contributed by atoms with Crippen molar-refractivity contribution in [2.24, 2.45) is 0 Å². The van der Waals surface area contributed by atoms with E-state index in [4.69, 9.17) is 0 Å². The molecule has 8 heteroatoms. The smallest absolute Gasteiger partial charge is 0.321 e. The maximum Gasteiger partial charge on any atom is 0.321 e. The molecule has 0 atom stereocenters. The number of urea groups is 1. The minimum Gasteiger partial charge on any atom is -0.338 e. The molecule has 0 aliphatic carbocycles. The van der Waals surface area contributed by atoms with Gasteiger partial charge in [-0.15, -0.1) is 0 Å². The van der Waals surface area contributed by atoms with Gasteiger partial charge in [-0.1, -0.05) is 6.07 Å². The largest absolute Gasteiger partial charge is 0.338 e. The summed E-state index contributed by atoms with van der Waals surface area (Å²) in [5.74, 6) is 0.931. The number of pyridine rings is 1. The zero-order chi connectivity index (χ0) is 19.5. The van der Waals surface area contributed by atoms with E-state index in [1.807, 2.05) is 44.3 Å². The van der Waals surface area contributed by atoms with Gasteiger partial charge in [0.15, 0.2) is 5.82 Å². The second-order valence-corrected chi connectivity index (χ2v) is 6.25. The van der Waals surface area contributed by atoms with Crippen LogP contribution in [0.4, 0.5) is 10.7 Å². The third kappa shape index (κ3) is 3.52. The summed E-state index contributed by atoms with van der Waals surface area (Å²) in [7, 11) is 0. The number of anilines is 1. The lowest BCUT2D eigenvalue weighted by Gasteiger charge is -2.06. The van der Waals surface area contributed by atoms with Crippen molar-refractivity contribution in [2.75, 3.05) is 11.9 Å². The highest BCUT2D eigenvalue weighted by atomic mass is 16.2. The molecule has 0 spiro atoms.